The molecule has 1 N–H and O–H groups in total. The zero-order chi connectivity index (χ0) is 16.8. The van der Waals surface area contributed by atoms with Crippen molar-refractivity contribution >= 4 is 47.4 Å². The molecule has 0 bridgehead atoms. The van der Waals surface area contributed by atoms with E-state index >= 15 is 0 Å². The van der Waals surface area contributed by atoms with Crippen molar-refractivity contribution < 1.29 is 4.79 Å². The number of piperazine rings is 1. The lowest BCUT2D eigenvalue weighted by atomic mass is 10.2. The highest BCUT2D eigenvalue weighted by molar-refractivity contribution is 14.0. The maximum Gasteiger partial charge on any atom is 0.242 e. The third-order valence-corrected chi connectivity index (χ3v) is 4.04. The highest BCUT2D eigenvalue weighted by Crippen LogP contribution is 2.13. The van der Waals surface area contributed by atoms with Crippen molar-refractivity contribution in [3.63, 3.8) is 0 Å². The Hall–Kier alpha value is -1.02. The molecule has 0 aliphatic carbocycles. The molecule has 134 valence electrons. The number of hydrogen-bond acceptors (Lipinski definition) is 2. The van der Waals surface area contributed by atoms with E-state index in [4.69, 9.17) is 11.6 Å². The maximum atomic E-state index is 12.4. The summed E-state index contributed by atoms with van der Waals surface area (Å²) >= 11 is 5.90. The zero-order valence-electron chi connectivity index (χ0n) is 14.5. The number of amides is 1. The molecule has 24 heavy (non-hydrogen) atoms. The first kappa shape index (κ1) is 21.0. The van der Waals surface area contributed by atoms with Crippen LogP contribution in [0.5, 0.6) is 0 Å². The number of aliphatic imine (C=N–C) groups is 1. The Morgan fingerprint density at radius 1 is 1.29 bits per heavy atom. The minimum Gasteiger partial charge on any atom is -0.356 e. The number of halogens is 2. The normalized spacial score (nSPS) is 15.5. The van der Waals surface area contributed by atoms with E-state index in [1.165, 1.54) is 0 Å². The van der Waals surface area contributed by atoms with Gasteiger partial charge >= 0.3 is 0 Å². The zero-order valence-corrected chi connectivity index (χ0v) is 17.5. The maximum absolute atomic E-state index is 12.4. The highest BCUT2D eigenvalue weighted by Gasteiger charge is 2.25. The van der Waals surface area contributed by atoms with Crippen LogP contribution in [0.25, 0.3) is 0 Å². The average molecular weight is 465 g/mol. The van der Waals surface area contributed by atoms with Crippen molar-refractivity contribution in [3.05, 3.63) is 34.9 Å². The number of rotatable bonds is 4. The summed E-state index contributed by atoms with van der Waals surface area (Å²) in [5.41, 5.74) is 1.10. The molecule has 0 radical (unpaired) electrons. The van der Waals surface area contributed by atoms with Crippen LogP contribution in [0.2, 0.25) is 5.02 Å². The topological polar surface area (TPSA) is 47.9 Å². The number of nitrogens with zero attached hydrogens (tertiary/aromatic N) is 3. The van der Waals surface area contributed by atoms with Gasteiger partial charge < -0.3 is 15.1 Å². The van der Waals surface area contributed by atoms with Gasteiger partial charge in [-0.2, -0.15) is 0 Å². The Balaban J connectivity index is 0.00000288. The first-order valence-corrected chi connectivity index (χ1v) is 8.35. The molecule has 1 aliphatic heterocycles. The van der Waals surface area contributed by atoms with Gasteiger partial charge in [0.15, 0.2) is 5.96 Å². The fraction of sp³-hybridized carbons (Fsp3) is 0.529. The van der Waals surface area contributed by atoms with Crippen LogP contribution in [-0.4, -0.2) is 54.9 Å². The molecule has 1 heterocycles. The molecule has 0 aromatic heterocycles. The quantitative estimate of drug-likeness (QED) is 0.423. The summed E-state index contributed by atoms with van der Waals surface area (Å²) in [6, 6.07) is 7.64. The van der Waals surface area contributed by atoms with Gasteiger partial charge in [0.2, 0.25) is 5.91 Å². The summed E-state index contributed by atoms with van der Waals surface area (Å²) in [4.78, 5) is 20.6. The van der Waals surface area contributed by atoms with Crippen LogP contribution in [0.1, 0.15) is 19.4 Å². The number of nitrogens with one attached hydrogen (secondary N) is 1. The summed E-state index contributed by atoms with van der Waals surface area (Å²) in [6.07, 6.45) is 0. The first-order chi connectivity index (χ1) is 11.0. The lowest BCUT2D eigenvalue weighted by molar-refractivity contribution is -0.135. The molecule has 0 unspecified atom stereocenters. The van der Waals surface area contributed by atoms with Crippen molar-refractivity contribution in [1.29, 1.82) is 0 Å². The number of carbonyl (C=O) groups is 1. The monoisotopic (exact) mass is 464 g/mol. The SMILES string of the molecule is CN=C(NCC(C)C)N1CCN(Cc2ccc(Cl)cc2)C(=O)C1.I. The summed E-state index contributed by atoms with van der Waals surface area (Å²) in [7, 11) is 1.76. The van der Waals surface area contributed by atoms with Crippen LogP contribution in [-0.2, 0) is 11.3 Å². The Kier molecular flexibility index (Phi) is 8.83. The smallest absolute Gasteiger partial charge is 0.242 e. The Morgan fingerprint density at radius 3 is 2.50 bits per heavy atom. The van der Waals surface area contributed by atoms with Crippen molar-refractivity contribution in [3.8, 4) is 0 Å². The molecule has 1 aromatic rings. The molecule has 1 amide bonds. The molecule has 7 heteroatoms. The molecule has 0 saturated carbocycles. The average Bonchev–Trinajstić information content (AvgIpc) is 2.52. The Morgan fingerprint density at radius 2 is 1.96 bits per heavy atom. The van der Waals surface area contributed by atoms with E-state index in [-0.39, 0.29) is 29.9 Å². The van der Waals surface area contributed by atoms with E-state index in [0.717, 1.165) is 24.6 Å². The van der Waals surface area contributed by atoms with Crippen LogP contribution in [0.3, 0.4) is 0 Å². The van der Waals surface area contributed by atoms with Crippen LogP contribution in [0.15, 0.2) is 29.3 Å². The molecule has 1 saturated heterocycles. The fourth-order valence-electron chi connectivity index (χ4n) is 2.49. The van der Waals surface area contributed by atoms with E-state index in [1.54, 1.807) is 7.05 Å². The fourth-order valence-corrected chi connectivity index (χ4v) is 2.62. The van der Waals surface area contributed by atoms with Gasteiger partial charge in [0.1, 0.15) is 0 Å². The van der Waals surface area contributed by atoms with Gasteiger partial charge in [-0.05, 0) is 23.6 Å². The minimum absolute atomic E-state index is 0. The number of carbonyl (C=O) groups excluding carboxylic acids is 1. The largest absolute Gasteiger partial charge is 0.356 e. The van der Waals surface area contributed by atoms with Crippen LogP contribution < -0.4 is 5.32 Å². The van der Waals surface area contributed by atoms with Crippen molar-refractivity contribution in [2.24, 2.45) is 10.9 Å². The lowest BCUT2D eigenvalue weighted by Gasteiger charge is -2.36. The Bertz CT molecular complexity index is 562. The summed E-state index contributed by atoms with van der Waals surface area (Å²) < 4.78 is 0. The van der Waals surface area contributed by atoms with Crippen molar-refractivity contribution in [2.45, 2.75) is 20.4 Å². The molecular weight excluding hydrogens is 439 g/mol. The molecule has 0 spiro atoms. The van der Waals surface area contributed by atoms with Crippen molar-refractivity contribution in [2.75, 3.05) is 33.2 Å². The predicted octanol–water partition coefficient (Wildman–Crippen LogP) is 2.83. The van der Waals surface area contributed by atoms with Crippen LogP contribution in [0, 0.1) is 5.92 Å². The van der Waals surface area contributed by atoms with E-state index < -0.39 is 0 Å². The van der Waals surface area contributed by atoms with E-state index in [2.05, 4.69) is 24.2 Å². The number of hydrogen-bond donors (Lipinski definition) is 1. The lowest BCUT2D eigenvalue weighted by Crippen LogP contribution is -2.55. The highest BCUT2D eigenvalue weighted by atomic mass is 127. The van der Waals surface area contributed by atoms with Gasteiger partial charge in [-0.25, -0.2) is 0 Å². The van der Waals surface area contributed by atoms with Gasteiger partial charge in [-0.3, -0.25) is 9.79 Å². The number of benzene rings is 1. The van der Waals surface area contributed by atoms with Gasteiger partial charge in [-0.15, -0.1) is 24.0 Å². The number of guanidine groups is 1. The van der Waals surface area contributed by atoms with Gasteiger partial charge in [-0.1, -0.05) is 37.6 Å². The van der Waals surface area contributed by atoms with Gasteiger partial charge in [0.05, 0.1) is 6.54 Å². The molecule has 1 fully saturated rings. The van der Waals surface area contributed by atoms with Gasteiger partial charge in [0.25, 0.3) is 0 Å². The van der Waals surface area contributed by atoms with E-state index in [1.807, 2.05) is 34.1 Å². The minimum atomic E-state index is 0. The molecule has 5 nitrogen and oxygen atoms in total. The van der Waals surface area contributed by atoms with E-state index in [9.17, 15) is 4.79 Å². The van der Waals surface area contributed by atoms with Gasteiger partial charge in [0, 0.05) is 38.2 Å². The van der Waals surface area contributed by atoms with Crippen LogP contribution >= 0.6 is 35.6 Å². The molecule has 2 rings (SSSR count). The van der Waals surface area contributed by atoms with Crippen molar-refractivity contribution in [1.82, 2.24) is 15.1 Å². The summed E-state index contributed by atoms with van der Waals surface area (Å²) in [5, 5.41) is 4.03. The molecule has 0 atom stereocenters. The second-order valence-electron chi connectivity index (χ2n) is 6.19. The third-order valence-electron chi connectivity index (χ3n) is 3.79. The predicted molar refractivity (Wildman–Crippen MR) is 110 cm³/mol. The molecule has 1 aromatic carbocycles. The van der Waals surface area contributed by atoms with E-state index in [0.29, 0.717) is 30.6 Å². The summed E-state index contributed by atoms with van der Waals surface area (Å²) in [6.45, 7) is 7.63. The standard InChI is InChI=1S/C17H25ClN4O.HI/c1-13(2)10-20-17(19-3)22-9-8-21(16(23)12-22)11-14-4-6-15(18)7-5-14;/h4-7,13H,8-12H2,1-3H3,(H,19,20);1H. The Labute approximate surface area is 166 Å². The first-order valence-electron chi connectivity index (χ1n) is 7.97. The second kappa shape index (κ2) is 10.1. The second-order valence-corrected chi connectivity index (χ2v) is 6.62. The van der Waals surface area contributed by atoms with Crippen LogP contribution in [0.4, 0.5) is 0 Å². The molecule has 1 aliphatic rings. The molecular formula is C17H26ClIN4O. The third kappa shape index (κ3) is 6.12. The summed E-state index contributed by atoms with van der Waals surface area (Å²) in [5.74, 6) is 1.46.